The summed E-state index contributed by atoms with van der Waals surface area (Å²) < 4.78 is 6.21. The lowest BCUT2D eigenvalue weighted by Crippen LogP contribution is -2.42. The summed E-state index contributed by atoms with van der Waals surface area (Å²) in [6.07, 6.45) is 1.14. The molecule has 0 bridgehead atoms. The molecule has 0 aliphatic carbocycles. The first-order valence-electron chi connectivity index (χ1n) is 9.56. The number of hydrogen-bond donors (Lipinski definition) is 1. The number of hydrogen-bond acceptors (Lipinski definition) is 6. The summed E-state index contributed by atoms with van der Waals surface area (Å²) in [5.74, 6) is -0.284. The van der Waals surface area contributed by atoms with Gasteiger partial charge in [0, 0.05) is 12.6 Å². The summed E-state index contributed by atoms with van der Waals surface area (Å²) in [6, 6.07) is 19.4. The second-order valence-electron chi connectivity index (χ2n) is 6.80. The van der Waals surface area contributed by atoms with Crippen LogP contribution in [-0.2, 0) is 17.8 Å². The molecule has 0 saturated carbocycles. The van der Waals surface area contributed by atoms with E-state index >= 15 is 0 Å². The van der Waals surface area contributed by atoms with Gasteiger partial charge in [0.2, 0.25) is 5.78 Å². The number of benzene rings is 2. The van der Waals surface area contributed by atoms with E-state index in [0.29, 0.717) is 10.2 Å². The Kier molecular flexibility index (Phi) is 6.54. The number of alkyl carbamates (subject to hydrolysis) is 1. The Hall–Kier alpha value is -3.29. The molecule has 0 aliphatic heterocycles. The number of nitrogens with one attached hydrogen (secondary N) is 1. The lowest BCUT2D eigenvalue weighted by molar-refractivity contribution is 0.0916. The predicted molar refractivity (Wildman–Crippen MR) is 120 cm³/mol. The van der Waals surface area contributed by atoms with E-state index in [1.807, 2.05) is 54.6 Å². The fourth-order valence-corrected chi connectivity index (χ4v) is 4.08. The van der Waals surface area contributed by atoms with Gasteiger partial charge in [0.15, 0.2) is 5.01 Å². The summed E-state index contributed by atoms with van der Waals surface area (Å²) >= 11 is 7.15. The SMILES string of the molecule is O=C(N[C@@H](Cc1ccc(Cl)nc1)C(=O)c1nc2ccccc2s1)OCc1ccccc1. The zero-order valence-electron chi connectivity index (χ0n) is 16.3. The molecule has 1 N–H and O–H groups in total. The van der Waals surface area contributed by atoms with Gasteiger partial charge in [-0.05, 0) is 29.3 Å². The summed E-state index contributed by atoms with van der Waals surface area (Å²) in [5.41, 5.74) is 2.36. The topological polar surface area (TPSA) is 81.2 Å². The molecule has 31 heavy (non-hydrogen) atoms. The minimum atomic E-state index is -0.855. The predicted octanol–water partition coefficient (Wildman–Crippen LogP) is 5.07. The second kappa shape index (κ2) is 9.68. The number of pyridine rings is 1. The van der Waals surface area contributed by atoms with Gasteiger partial charge in [-0.3, -0.25) is 4.79 Å². The molecule has 0 fully saturated rings. The van der Waals surface area contributed by atoms with Gasteiger partial charge in [-0.15, -0.1) is 11.3 Å². The van der Waals surface area contributed by atoms with Gasteiger partial charge in [-0.1, -0.05) is 60.1 Å². The fourth-order valence-electron chi connectivity index (χ4n) is 3.01. The molecule has 2 heterocycles. The third-order valence-electron chi connectivity index (χ3n) is 4.55. The highest BCUT2D eigenvalue weighted by Gasteiger charge is 2.26. The van der Waals surface area contributed by atoms with Crippen LogP contribution in [0, 0.1) is 0 Å². The smallest absolute Gasteiger partial charge is 0.408 e. The number of carbonyl (C=O) groups is 2. The van der Waals surface area contributed by atoms with E-state index in [9.17, 15) is 9.59 Å². The Balaban J connectivity index is 1.52. The van der Waals surface area contributed by atoms with Gasteiger partial charge in [-0.25, -0.2) is 14.8 Å². The van der Waals surface area contributed by atoms with Crippen molar-refractivity contribution in [3.05, 3.63) is 94.2 Å². The van der Waals surface area contributed by atoms with Gasteiger partial charge in [-0.2, -0.15) is 0 Å². The molecule has 8 heteroatoms. The summed E-state index contributed by atoms with van der Waals surface area (Å²) in [5, 5.41) is 3.37. The maximum atomic E-state index is 13.2. The van der Waals surface area contributed by atoms with Crippen molar-refractivity contribution in [1.82, 2.24) is 15.3 Å². The third-order valence-corrected chi connectivity index (χ3v) is 5.83. The zero-order valence-corrected chi connectivity index (χ0v) is 17.9. The number of aromatic nitrogens is 2. The van der Waals surface area contributed by atoms with Crippen LogP contribution in [0.4, 0.5) is 4.79 Å². The molecule has 2 aromatic carbocycles. The van der Waals surface area contributed by atoms with Crippen molar-refractivity contribution in [2.45, 2.75) is 19.1 Å². The summed E-state index contributed by atoms with van der Waals surface area (Å²) in [4.78, 5) is 34.1. The standard InChI is InChI=1S/C23H18ClN3O3S/c24-20-11-10-16(13-25-20)12-18(27-23(29)30-14-15-6-2-1-3-7-15)21(28)22-26-17-8-4-5-9-19(17)31-22/h1-11,13,18H,12,14H2,(H,27,29)/t18-/m0/s1. The lowest BCUT2D eigenvalue weighted by Gasteiger charge is -2.16. The molecular weight excluding hydrogens is 434 g/mol. The van der Waals surface area contributed by atoms with Crippen LogP contribution in [0.2, 0.25) is 5.15 Å². The number of amides is 1. The van der Waals surface area contributed by atoms with Crippen molar-refractivity contribution < 1.29 is 14.3 Å². The van der Waals surface area contributed by atoms with Crippen molar-refractivity contribution in [1.29, 1.82) is 0 Å². The molecule has 4 rings (SSSR count). The molecule has 1 atom stereocenters. The van der Waals surface area contributed by atoms with E-state index < -0.39 is 12.1 Å². The normalized spacial score (nSPS) is 11.8. The van der Waals surface area contributed by atoms with Crippen LogP contribution in [0.3, 0.4) is 0 Å². The average molecular weight is 452 g/mol. The molecular formula is C23H18ClN3O3S. The van der Waals surface area contributed by atoms with E-state index in [2.05, 4.69) is 15.3 Å². The molecule has 2 aromatic heterocycles. The number of nitrogens with zero attached hydrogens (tertiary/aromatic N) is 2. The number of carbonyl (C=O) groups excluding carboxylic acids is 2. The van der Waals surface area contributed by atoms with E-state index in [4.69, 9.17) is 16.3 Å². The van der Waals surface area contributed by atoms with E-state index in [1.54, 1.807) is 18.3 Å². The summed E-state index contributed by atoms with van der Waals surface area (Å²) in [7, 11) is 0. The second-order valence-corrected chi connectivity index (χ2v) is 8.22. The van der Waals surface area contributed by atoms with Crippen LogP contribution < -0.4 is 5.32 Å². The molecule has 0 unspecified atom stereocenters. The van der Waals surface area contributed by atoms with Crippen LogP contribution >= 0.6 is 22.9 Å². The molecule has 1 amide bonds. The van der Waals surface area contributed by atoms with Crippen LogP contribution in [-0.4, -0.2) is 27.9 Å². The van der Waals surface area contributed by atoms with Crippen LogP contribution in [0.15, 0.2) is 72.9 Å². The molecule has 0 saturated heterocycles. The molecule has 4 aromatic rings. The third kappa shape index (κ3) is 5.45. The maximum Gasteiger partial charge on any atom is 0.408 e. The van der Waals surface area contributed by atoms with Gasteiger partial charge in [0.1, 0.15) is 17.8 Å². The van der Waals surface area contributed by atoms with E-state index in [0.717, 1.165) is 21.3 Å². The van der Waals surface area contributed by atoms with Crippen LogP contribution in [0.5, 0.6) is 0 Å². The Morgan fingerprint density at radius 3 is 2.52 bits per heavy atom. The van der Waals surface area contributed by atoms with Crippen LogP contribution in [0.1, 0.15) is 20.9 Å². The number of Topliss-reactive ketones (excluding diaryl/α,β-unsaturated/α-hetero) is 1. The Morgan fingerprint density at radius 2 is 1.77 bits per heavy atom. The maximum absolute atomic E-state index is 13.2. The highest BCUT2D eigenvalue weighted by atomic mass is 35.5. The van der Waals surface area contributed by atoms with Crippen molar-refractivity contribution in [3.8, 4) is 0 Å². The van der Waals surface area contributed by atoms with E-state index in [1.165, 1.54) is 11.3 Å². The summed E-state index contributed by atoms with van der Waals surface area (Å²) in [6.45, 7) is 0.108. The van der Waals surface area contributed by atoms with Crippen LogP contribution in [0.25, 0.3) is 10.2 Å². The van der Waals surface area contributed by atoms with Crippen molar-refractivity contribution >= 4 is 45.0 Å². The number of thiazole rings is 1. The minimum absolute atomic E-state index is 0.108. The quantitative estimate of drug-likeness (QED) is 0.313. The largest absolute Gasteiger partial charge is 0.445 e. The Bertz CT molecular complexity index is 1160. The number of para-hydroxylation sites is 1. The van der Waals surface area contributed by atoms with Crippen molar-refractivity contribution in [3.63, 3.8) is 0 Å². The first kappa shape index (κ1) is 21.0. The number of halogens is 1. The molecule has 0 spiro atoms. The van der Waals surface area contributed by atoms with Gasteiger partial charge >= 0.3 is 6.09 Å². The Morgan fingerprint density at radius 1 is 1.00 bits per heavy atom. The molecule has 6 nitrogen and oxygen atoms in total. The monoisotopic (exact) mass is 451 g/mol. The lowest BCUT2D eigenvalue weighted by atomic mass is 10.0. The number of ether oxygens (including phenoxy) is 1. The number of rotatable bonds is 7. The minimum Gasteiger partial charge on any atom is -0.445 e. The van der Waals surface area contributed by atoms with Gasteiger partial charge < -0.3 is 10.1 Å². The fraction of sp³-hybridized carbons (Fsp3) is 0.130. The zero-order chi connectivity index (χ0) is 21.6. The highest BCUT2D eigenvalue weighted by molar-refractivity contribution is 7.20. The number of ketones is 1. The van der Waals surface area contributed by atoms with Gasteiger partial charge in [0.05, 0.1) is 10.2 Å². The molecule has 0 radical (unpaired) electrons. The number of fused-ring (bicyclic) bond motifs is 1. The first-order chi connectivity index (χ1) is 15.1. The van der Waals surface area contributed by atoms with Crippen molar-refractivity contribution in [2.75, 3.05) is 0 Å². The Labute approximate surface area is 187 Å². The van der Waals surface area contributed by atoms with Gasteiger partial charge in [0.25, 0.3) is 0 Å². The molecule has 156 valence electrons. The highest BCUT2D eigenvalue weighted by Crippen LogP contribution is 2.23. The average Bonchev–Trinajstić information content (AvgIpc) is 3.23. The van der Waals surface area contributed by atoms with E-state index in [-0.39, 0.29) is 18.8 Å². The molecule has 0 aliphatic rings. The van der Waals surface area contributed by atoms with Crippen molar-refractivity contribution in [2.24, 2.45) is 0 Å². The first-order valence-corrected chi connectivity index (χ1v) is 10.8.